The molecule has 0 aliphatic rings. The highest BCUT2D eigenvalue weighted by Gasteiger charge is 2.06. The van der Waals surface area contributed by atoms with E-state index in [-0.39, 0.29) is 5.82 Å². The number of aromatic nitrogens is 2. The molecule has 246 valence electrons. The number of carbonyl (C=O) groups excluding carboxylic acids is 1. The number of nitrogen functional groups attached to an aromatic ring is 1. The summed E-state index contributed by atoms with van der Waals surface area (Å²) >= 11 is 0. The average molecular weight is 662 g/mol. The van der Waals surface area contributed by atoms with Crippen LogP contribution < -0.4 is 25.8 Å². The van der Waals surface area contributed by atoms with Crippen LogP contribution in [0.2, 0.25) is 0 Å². The van der Waals surface area contributed by atoms with Crippen LogP contribution in [0.5, 0.6) is 23.0 Å². The monoisotopic (exact) mass is 661 g/mol. The highest BCUT2D eigenvalue weighted by molar-refractivity contribution is 5.99. The minimum absolute atomic E-state index is 0.360. The lowest BCUT2D eigenvalue weighted by Gasteiger charge is -2.10. The Kier molecular flexibility index (Phi) is 10.7. The van der Waals surface area contributed by atoms with E-state index in [0.717, 1.165) is 39.7 Å². The standard InChI is InChI=1S/C24H18FN3O2.C17H14N2O/c25-18-6-8-19(9-7-18)27-24(29)28-20-10-12-21(13-11-20)30-22-14-15-26-23(16-22)17-4-2-1-3-5-17;18-14-6-8-15(9-7-14)20-16-10-11-19-17(12-16)13-4-2-1-3-5-13/h1-16H,(H2,27,28,29);1-12H,18H2. The Morgan fingerprint density at radius 3 is 1.40 bits per heavy atom. The lowest BCUT2D eigenvalue weighted by atomic mass is 10.1. The summed E-state index contributed by atoms with van der Waals surface area (Å²) in [5.41, 5.74) is 11.3. The minimum Gasteiger partial charge on any atom is -0.457 e. The predicted molar refractivity (Wildman–Crippen MR) is 196 cm³/mol. The van der Waals surface area contributed by atoms with Crippen LogP contribution in [0.15, 0.2) is 170 Å². The van der Waals surface area contributed by atoms with Gasteiger partial charge in [-0.25, -0.2) is 9.18 Å². The van der Waals surface area contributed by atoms with Crippen molar-refractivity contribution in [2.24, 2.45) is 0 Å². The number of hydrogen-bond donors (Lipinski definition) is 3. The Labute approximate surface area is 289 Å². The van der Waals surface area contributed by atoms with Gasteiger partial charge in [0.2, 0.25) is 0 Å². The van der Waals surface area contributed by atoms with E-state index in [1.807, 2.05) is 103 Å². The summed E-state index contributed by atoms with van der Waals surface area (Å²) < 4.78 is 24.6. The molecule has 0 aliphatic heterocycles. The highest BCUT2D eigenvalue weighted by Crippen LogP contribution is 2.28. The maximum Gasteiger partial charge on any atom is 0.323 e. The van der Waals surface area contributed by atoms with Crippen molar-refractivity contribution in [1.29, 1.82) is 0 Å². The topological polar surface area (TPSA) is 111 Å². The summed E-state index contributed by atoms with van der Waals surface area (Å²) in [7, 11) is 0. The second-order valence-corrected chi connectivity index (χ2v) is 10.9. The normalized spacial score (nSPS) is 10.3. The van der Waals surface area contributed by atoms with Crippen LogP contribution in [0, 0.1) is 5.82 Å². The van der Waals surface area contributed by atoms with Crippen LogP contribution in [0.3, 0.4) is 0 Å². The van der Waals surface area contributed by atoms with Crippen LogP contribution in [-0.4, -0.2) is 16.0 Å². The molecule has 2 aromatic heterocycles. The molecular formula is C41H32FN5O3. The van der Waals surface area contributed by atoms with Gasteiger partial charge >= 0.3 is 6.03 Å². The Hall–Kier alpha value is -7.00. The van der Waals surface area contributed by atoms with Gasteiger partial charge in [-0.3, -0.25) is 9.97 Å². The molecule has 4 N–H and O–H groups in total. The van der Waals surface area contributed by atoms with Crippen LogP contribution in [0.4, 0.5) is 26.2 Å². The predicted octanol–water partition coefficient (Wildman–Crippen LogP) is 10.4. The summed E-state index contributed by atoms with van der Waals surface area (Å²) in [6.45, 7) is 0. The molecule has 8 nitrogen and oxygen atoms in total. The van der Waals surface area contributed by atoms with E-state index in [2.05, 4.69) is 20.6 Å². The van der Waals surface area contributed by atoms with Crippen LogP contribution in [-0.2, 0) is 0 Å². The van der Waals surface area contributed by atoms with Gasteiger partial charge in [-0.2, -0.15) is 0 Å². The molecule has 2 amide bonds. The second-order valence-electron chi connectivity index (χ2n) is 10.9. The Balaban J connectivity index is 0.000000187. The van der Waals surface area contributed by atoms with Gasteiger partial charge in [-0.15, -0.1) is 0 Å². The zero-order valence-corrected chi connectivity index (χ0v) is 26.7. The average Bonchev–Trinajstić information content (AvgIpc) is 3.16. The van der Waals surface area contributed by atoms with Crippen molar-refractivity contribution in [3.05, 3.63) is 176 Å². The van der Waals surface area contributed by atoms with Gasteiger partial charge in [0.15, 0.2) is 0 Å². The summed E-state index contributed by atoms with van der Waals surface area (Å²) in [5.74, 6) is 2.44. The van der Waals surface area contributed by atoms with E-state index in [0.29, 0.717) is 22.9 Å². The van der Waals surface area contributed by atoms with Gasteiger partial charge in [0.1, 0.15) is 28.8 Å². The minimum atomic E-state index is -0.420. The van der Waals surface area contributed by atoms with Crippen molar-refractivity contribution in [2.75, 3.05) is 16.4 Å². The van der Waals surface area contributed by atoms with Gasteiger partial charge in [-0.05, 0) is 84.9 Å². The first kappa shape index (κ1) is 32.9. The number of halogens is 1. The quantitative estimate of drug-likeness (QED) is 0.140. The molecule has 5 aromatic carbocycles. The number of nitrogens with zero attached hydrogens (tertiary/aromatic N) is 2. The third-order valence-electron chi connectivity index (χ3n) is 7.17. The zero-order valence-electron chi connectivity index (χ0n) is 26.7. The third kappa shape index (κ3) is 9.52. The maximum atomic E-state index is 12.9. The highest BCUT2D eigenvalue weighted by atomic mass is 19.1. The Morgan fingerprint density at radius 1 is 0.520 bits per heavy atom. The van der Waals surface area contributed by atoms with Crippen molar-refractivity contribution in [3.63, 3.8) is 0 Å². The zero-order chi connectivity index (χ0) is 34.5. The van der Waals surface area contributed by atoms with Gasteiger partial charge in [0.25, 0.3) is 0 Å². The summed E-state index contributed by atoms with van der Waals surface area (Å²) in [6, 6.07) is 46.7. The number of amides is 2. The third-order valence-corrected chi connectivity index (χ3v) is 7.17. The summed E-state index contributed by atoms with van der Waals surface area (Å²) in [4.78, 5) is 20.8. The molecule has 2 heterocycles. The molecule has 7 aromatic rings. The van der Waals surface area contributed by atoms with E-state index in [4.69, 9.17) is 15.2 Å². The van der Waals surface area contributed by atoms with Crippen LogP contribution >= 0.6 is 0 Å². The number of rotatable bonds is 8. The fourth-order valence-corrected chi connectivity index (χ4v) is 4.72. The van der Waals surface area contributed by atoms with E-state index >= 15 is 0 Å². The number of carbonyl (C=O) groups is 1. The number of hydrogen-bond acceptors (Lipinski definition) is 6. The lowest BCUT2D eigenvalue weighted by molar-refractivity contribution is 0.262. The van der Waals surface area contributed by atoms with Crippen molar-refractivity contribution < 1.29 is 18.7 Å². The largest absolute Gasteiger partial charge is 0.457 e. The lowest BCUT2D eigenvalue weighted by Crippen LogP contribution is -2.19. The van der Waals surface area contributed by atoms with Gasteiger partial charge in [0.05, 0.1) is 11.4 Å². The molecule has 0 fully saturated rings. The molecule has 0 radical (unpaired) electrons. The van der Waals surface area contributed by atoms with Gasteiger partial charge < -0.3 is 25.8 Å². The fourth-order valence-electron chi connectivity index (χ4n) is 4.72. The first-order valence-electron chi connectivity index (χ1n) is 15.6. The summed E-state index contributed by atoms with van der Waals surface area (Å²) in [6.07, 6.45) is 3.45. The molecule has 0 unspecified atom stereocenters. The SMILES string of the molecule is Nc1ccc(Oc2ccnc(-c3ccccc3)c2)cc1.O=C(Nc1ccc(F)cc1)Nc1ccc(Oc2ccnc(-c3ccccc3)c2)cc1. The molecule has 50 heavy (non-hydrogen) atoms. The number of anilines is 3. The fraction of sp³-hybridized carbons (Fsp3) is 0. The first-order chi connectivity index (χ1) is 24.5. The molecule has 0 aliphatic carbocycles. The number of nitrogens with one attached hydrogen (secondary N) is 2. The number of nitrogens with two attached hydrogens (primary N) is 1. The summed E-state index contributed by atoms with van der Waals surface area (Å²) in [5, 5.41) is 5.36. The molecule has 0 saturated carbocycles. The molecule has 0 bridgehead atoms. The number of pyridine rings is 2. The Bertz CT molecular complexity index is 2130. The smallest absolute Gasteiger partial charge is 0.323 e. The molecule has 0 spiro atoms. The maximum absolute atomic E-state index is 12.9. The molecule has 0 saturated heterocycles. The number of benzene rings is 5. The van der Waals surface area contributed by atoms with Crippen molar-refractivity contribution >= 4 is 23.1 Å². The van der Waals surface area contributed by atoms with Gasteiger partial charge in [0, 0.05) is 52.7 Å². The van der Waals surface area contributed by atoms with Crippen molar-refractivity contribution in [3.8, 4) is 45.5 Å². The van der Waals surface area contributed by atoms with Crippen molar-refractivity contribution in [1.82, 2.24) is 9.97 Å². The van der Waals surface area contributed by atoms with Gasteiger partial charge in [-0.1, -0.05) is 60.7 Å². The van der Waals surface area contributed by atoms with Crippen molar-refractivity contribution in [2.45, 2.75) is 0 Å². The number of ether oxygens (including phenoxy) is 2. The number of urea groups is 1. The Morgan fingerprint density at radius 2 is 0.940 bits per heavy atom. The second kappa shape index (κ2) is 16.2. The van der Waals surface area contributed by atoms with Crippen LogP contribution in [0.1, 0.15) is 0 Å². The van der Waals surface area contributed by atoms with Crippen LogP contribution in [0.25, 0.3) is 22.5 Å². The van der Waals surface area contributed by atoms with E-state index in [1.165, 1.54) is 24.3 Å². The molecular weight excluding hydrogens is 629 g/mol. The molecule has 7 rings (SSSR count). The molecule has 9 heteroatoms. The molecule has 0 atom stereocenters. The first-order valence-corrected chi connectivity index (χ1v) is 15.6. The van der Waals surface area contributed by atoms with E-state index in [9.17, 15) is 9.18 Å². The van der Waals surface area contributed by atoms with E-state index < -0.39 is 6.03 Å². The van der Waals surface area contributed by atoms with E-state index in [1.54, 1.807) is 42.7 Å².